The van der Waals surface area contributed by atoms with Gasteiger partial charge in [-0.05, 0) is 36.4 Å². The van der Waals surface area contributed by atoms with E-state index in [9.17, 15) is 22.4 Å². The van der Waals surface area contributed by atoms with Crippen molar-refractivity contribution in [2.24, 2.45) is 5.92 Å². The van der Waals surface area contributed by atoms with Crippen LogP contribution in [0.2, 0.25) is 0 Å². The van der Waals surface area contributed by atoms with E-state index in [0.717, 1.165) is 11.1 Å². The Balaban J connectivity index is 1.19. The largest absolute Gasteiger partial charge is 0.367 e. The van der Waals surface area contributed by atoms with Gasteiger partial charge in [-0.2, -0.15) is 4.31 Å². The summed E-state index contributed by atoms with van der Waals surface area (Å²) < 4.78 is 40.8. The fraction of sp³-hybridized carbons (Fsp3) is 0.320. The molecule has 3 aromatic rings. The van der Waals surface area contributed by atoms with Gasteiger partial charge in [0.15, 0.2) is 0 Å². The number of fused-ring (bicyclic) bond motifs is 1. The second kappa shape index (κ2) is 9.47. The molecule has 1 N–H and O–H groups in total. The fourth-order valence-corrected chi connectivity index (χ4v) is 6.26. The van der Waals surface area contributed by atoms with E-state index in [-0.39, 0.29) is 41.5 Å². The molecule has 5 rings (SSSR count). The maximum atomic E-state index is 13.6. The lowest BCUT2D eigenvalue weighted by Crippen LogP contribution is -2.59. The molecule has 9 nitrogen and oxygen atoms in total. The second-order valence-electron chi connectivity index (χ2n) is 9.03. The highest BCUT2D eigenvalue weighted by Crippen LogP contribution is 2.30. The number of pyridine rings is 1. The van der Waals surface area contributed by atoms with E-state index in [1.807, 2.05) is 6.07 Å². The Labute approximate surface area is 208 Å². The van der Waals surface area contributed by atoms with Gasteiger partial charge < -0.3 is 15.1 Å². The van der Waals surface area contributed by atoms with Crippen LogP contribution in [0.5, 0.6) is 0 Å². The zero-order valence-corrected chi connectivity index (χ0v) is 20.5. The lowest BCUT2D eigenvalue weighted by Gasteiger charge is -2.42. The number of halogens is 1. The SMILES string of the molecule is CC(=O)Nc1cccc(S(=O)(=O)N2CC(C(=O)N3CCN(c4ccnc5cc(F)ccc45)CC3)C2)c1. The summed E-state index contributed by atoms with van der Waals surface area (Å²) in [5, 5.41) is 3.45. The molecule has 0 atom stereocenters. The third-order valence-corrected chi connectivity index (χ3v) is 8.43. The molecule has 2 aromatic carbocycles. The van der Waals surface area contributed by atoms with Crippen molar-refractivity contribution >= 4 is 44.1 Å². The number of rotatable bonds is 5. The van der Waals surface area contributed by atoms with Gasteiger partial charge in [0.25, 0.3) is 0 Å². The highest BCUT2D eigenvalue weighted by Gasteiger charge is 2.42. The number of aromatic nitrogens is 1. The minimum atomic E-state index is -3.76. The lowest BCUT2D eigenvalue weighted by atomic mass is 10.0. The molecule has 36 heavy (non-hydrogen) atoms. The number of nitrogens with one attached hydrogen (secondary N) is 1. The number of benzene rings is 2. The molecule has 2 aliphatic rings. The van der Waals surface area contributed by atoms with Crippen molar-refractivity contribution in [3.63, 3.8) is 0 Å². The van der Waals surface area contributed by atoms with E-state index in [2.05, 4.69) is 15.2 Å². The van der Waals surface area contributed by atoms with Crippen molar-refractivity contribution in [1.82, 2.24) is 14.2 Å². The fourth-order valence-electron chi connectivity index (χ4n) is 4.69. The van der Waals surface area contributed by atoms with Crippen molar-refractivity contribution in [1.29, 1.82) is 0 Å². The minimum Gasteiger partial charge on any atom is -0.367 e. The third-order valence-electron chi connectivity index (χ3n) is 6.60. The molecule has 2 amide bonds. The Kier molecular flexibility index (Phi) is 6.35. The van der Waals surface area contributed by atoms with Gasteiger partial charge in [-0.15, -0.1) is 0 Å². The van der Waals surface area contributed by atoms with Crippen molar-refractivity contribution < 1.29 is 22.4 Å². The monoisotopic (exact) mass is 511 g/mol. The minimum absolute atomic E-state index is 0.0465. The molecular weight excluding hydrogens is 485 g/mol. The average molecular weight is 512 g/mol. The van der Waals surface area contributed by atoms with Crippen molar-refractivity contribution in [2.75, 3.05) is 49.5 Å². The highest BCUT2D eigenvalue weighted by molar-refractivity contribution is 7.89. The van der Waals surface area contributed by atoms with E-state index in [1.165, 1.54) is 35.5 Å². The first-order valence-electron chi connectivity index (χ1n) is 11.7. The predicted molar refractivity (Wildman–Crippen MR) is 133 cm³/mol. The Morgan fingerprint density at radius 3 is 2.50 bits per heavy atom. The van der Waals surface area contributed by atoms with Gasteiger partial charge in [0, 0.05) is 75.2 Å². The molecule has 1 aromatic heterocycles. The first-order valence-corrected chi connectivity index (χ1v) is 13.1. The normalized spacial score (nSPS) is 17.2. The van der Waals surface area contributed by atoms with Crippen LogP contribution in [0.25, 0.3) is 10.9 Å². The van der Waals surface area contributed by atoms with Crippen LogP contribution in [0.15, 0.2) is 59.6 Å². The Hall–Kier alpha value is -3.57. The van der Waals surface area contributed by atoms with E-state index in [4.69, 9.17) is 0 Å². The summed E-state index contributed by atoms with van der Waals surface area (Å²) in [6, 6.07) is 12.5. The van der Waals surface area contributed by atoms with Crippen LogP contribution in [-0.4, -0.2) is 73.7 Å². The number of hydrogen-bond donors (Lipinski definition) is 1. The number of nitrogens with zero attached hydrogens (tertiary/aromatic N) is 4. The van der Waals surface area contributed by atoms with Crippen LogP contribution in [0.4, 0.5) is 15.8 Å². The molecule has 0 bridgehead atoms. The molecule has 2 saturated heterocycles. The summed E-state index contributed by atoms with van der Waals surface area (Å²) in [7, 11) is -3.76. The summed E-state index contributed by atoms with van der Waals surface area (Å²) in [5.41, 5.74) is 1.94. The topological polar surface area (TPSA) is 103 Å². The summed E-state index contributed by atoms with van der Waals surface area (Å²) >= 11 is 0. The summed E-state index contributed by atoms with van der Waals surface area (Å²) in [4.78, 5) is 32.6. The molecule has 2 aliphatic heterocycles. The number of carbonyl (C=O) groups excluding carboxylic acids is 2. The Morgan fingerprint density at radius 1 is 1.03 bits per heavy atom. The zero-order valence-electron chi connectivity index (χ0n) is 19.7. The standard InChI is InChI=1S/C25H26FN5O4S/c1-17(32)28-20-3-2-4-21(14-20)36(34,35)31-15-18(16-31)25(33)30-11-9-29(10-12-30)24-7-8-27-23-13-19(26)5-6-22(23)24/h2-8,13-14,18H,9-12,15-16H2,1H3,(H,28,32). The number of amides is 2. The van der Waals surface area contributed by atoms with Crippen LogP contribution in [0, 0.1) is 11.7 Å². The van der Waals surface area contributed by atoms with Gasteiger partial charge >= 0.3 is 0 Å². The maximum absolute atomic E-state index is 13.6. The molecule has 2 fully saturated rings. The van der Waals surface area contributed by atoms with Crippen LogP contribution in [0.1, 0.15) is 6.92 Å². The van der Waals surface area contributed by atoms with Crippen LogP contribution in [0.3, 0.4) is 0 Å². The molecule has 188 valence electrons. The summed E-state index contributed by atoms with van der Waals surface area (Å²) in [6.07, 6.45) is 1.66. The van der Waals surface area contributed by atoms with Gasteiger partial charge in [-0.1, -0.05) is 6.07 Å². The van der Waals surface area contributed by atoms with Gasteiger partial charge in [-0.25, -0.2) is 12.8 Å². The van der Waals surface area contributed by atoms with Crippen molar-refractivity contribution in [3.8, 4) is 0 Å². The van der Waals surface area contributed by atoms with E-state index in [0.29, 0.717) is 37.4 Å². The predicted octanol–water partition coefficient (Wildman–Crippen LogP) is 2.30. The average Bonchev–Trinajstić information content (AvgIpc) is 2.82. The van der Waals surface area contributed by atoms with Gasteiger partial charge in [0.2, 0.25) is 21.8 Å². The Bertz CT molecular complexity index is 1430. The molecule has 0 unspecified atom stereocenters. The highest BCUT2D eigenvalue weighted by atomic mass is 32.2. The van der Waals surface area contributed by atoms with Gasteiger partial charge in [0.05, 0.1) is 16.3 Å². The molecule has 0 saturated carbocycles. The second-order valence-corrected chi connectivity index (χ2v) is 11.0. The smallest absolute Gasteiger partial charge is 0.243 e. The van der Waals surface area contributed by atoms with Crippen molar-refractivity contribution in [3.05, 3.63) is 60.5 Å². The quantitative estimate of drug-likeness (QED) is 0.564. The maximum Gasteiger partial charge on any atom is 0.243 e. The number of carbonyl (C=O) groups is 2. The first kappa shape index (κ1) is 24.1. The first-order chi connectivity index (χ1) is 17.2. The number of anilines is 2. The van der Waals surface area contributed by atoms with Gasteiger partial charge in [0.1, 0.15) is 5.82 Å². The molecule has 0 aliphatic carbocycles. The Morgan fingerprint density at radius 2 is 1.78 bits per heavy atom. The zero-order chi connectivity index (χ0) is 25.4. The summed E-state index contributed by atoms with van der Waals surface area (Å²) in [6.45, 7) is 3.89. The molecule has 0 radical (unpaired) electrons. The molecular formula is C25H26FN5O4S. The number of hydrogen-bond acceptors (Lipinski definition) is 6. The third kappa shape index (κ3) is 4.63. The van der Waals surface area contributed by atoms with Crippen molar-refractivity contribution in [2.45, 2.75) is 11.8 Å². The van der Waals surface area contributed by atoms with Crippen LogP contribution >= 0.6 is 0 Å². The van der Waals surface area contributed by atoms with Crippen LogP contribution in [-0.2, 0) is 19.6 Å². The molecule has 11 heteroatoms. The summed E-state index contributed by atoms with van der Waals surface area (Å²) in [5.74, 6) is -1.05. The molecule has 3 heterocycles. The number of piperazine rings is 1. The van der Waals surface area contributed by atoms with E-state index in [1.54, 1.807) is 29.3 Å². The lowest BCUT2D eigenvalue weighted by molar-refractivity contribution is -0.139. The van der Waals surface area contributed by atoms with Gasteiger partial charge in [-0.3, -0.25) is 14.6 Å². The molecule has 0 spiro atoms. The number of sulfonamides is 1. The van der Waals surface area contributed by atoms with E-state index < -0.39 is 10.0 Å². The van der Waals surface area contributed by atoms with E-state index >= 15 is 0 Å². The van der Waals surface area contributed by atoms with Crippen LogP contribution < -0.4 is 10.2 Å².